The van der Waals surface area contributed by atoms with Crippen molar-refractivity contribution in [2.24, 2.45) is 21.5 Å². The van der Waals surface area contributed by atoms with Crippen LogP contribution in [0.25, 0.3) is 11.1 Å². The Morgan fingerprint density at radius 1 is 0.724 bits per heavy atom. The van der Waals surface area contributed by atoms with Crippen molar-refractivity contribution in [3.8, 4) is 11.1 Å². The zero-order chi connectivity index (χ0) is 41.9. The monoisotopic (exact) mass is 834 g/mol. The quantitative estimate of drug-likeness (QED) is 0.0495. The summed E-state index contributed by atoms with van der Waals surface area (Å²) >= 11 is 2.82. The third-order valence-corrected chi connectivity index (χ3v) is 12.7. The molecule has 2 saturated heterocycles. The lowest BCUT2D eigenvalue weighted by molar-refractivity contribution is -0.141. The highest BCUT2D eigenvalue weighted by Crippen LogP contribution is 2.47. The van der Waals surface area contributed by atoms with E-state index in [1.165, 1.54) is 30.4 Å². The number of aliphatic imine (C=N–C) groups is 2. The summed E-state index contributed by atoms with van der Waals surface area (Å²) in [5.74, 6) is -0.442. The molecule has 2 aromatic carbocycles. The number of nitrogens with one attached hydrogen (secondary N) is 2. The largest absolute Gasteiger partial charge is 0.465 e. The van der Waals surface area contributed by atoms with Gasteiger partial charge in [0.2, 0.25) is 35.4 Å². The standard InChI is InChI=1S/C40H50N8O8S2/c1-23(49)56-22-30-28-18-24(45-35(50)12-14-47-37(52)20-31(39(47)54)57-16-4-6-33(41)43-2)8-10-26(28)27-11-9-25(19-29(27)30)46-36(51)13-15-48-38(53)21-32(40(48)55)58-17-5-7-34(42)44-3/h8-11,18-19,30-32H,4-7,12-17,20-22H2,1-3H3,(H2,41,43)(H2,42,44)(H,45,50)(H,46,51). The SMILES string of the molecule is CN=C(N)CCCSC1CC(=O)N(CCC(=O)Nc2ccc3c(c2)C(COC(C)=O)c2cc(NC(=O)CCN4C(=O)CC(SCCCC(N)=NC)C4=O)ccc2-3)C1=O. The fourth-order valence-corrected chi connectivity index (χ4v) is 9.24. The van der Waals surface area contributed by atoms with E-state index >= 15 is 0 Å². The van der Waals surface area contributed by atoms with Crippen LogP contribution < -0.4 is 22.1 Å². The van der Waals surface area contributed by atoms with Crippen molar-refractivity contribution in [3.05, 3.63) is 47.5 Å². The van der Waals surface area contributed by atoms with Crippen molar-refractivity contribution >= 4 is 88.0 Å². The molecule has 2 fully saturated rings. The highest BCUT2D eigenvalue weighted by molar-refractivity contribution is 8.00. The van der Waals surface area contributed by atoms with E-state index in [-0.39, 0.29) is 80.8 Å². The number of ether oxygens (including phenoxy) is 1. The first kappa shape index (κ1) is 43.9. The average molecular weight is 835 g/mol. The second-order valence-electron chi connectivity index (χ2n) is 14.1. The molecule has 0 bridgehead atoms. The minimum atomic E-state index is -0.483. The van der Waals surface area contributed by atoms with Crippen molar-refractivity contribution in [3.63, 3.8) is 0 Å². The lowest BCUT2D eigenvalue weighted by atomic mass is 9.97. The topological polar surface area (TPSA) is 236 Å². The number of carbonyl (C=O) groups excluding carboxylic acids is 7. The van der Waals surface area contributed by atoms with Gasteiger partial charge in [0.25, 0.3) is 0 Å². The van der Waals surface area contributed by atoms with Crippen LogP contribution in [-0.2, 0) is 38.3 Å². The average Bonchev–Trinajstić information content (AvgIpc) is 3.76. The summed E-state index contributed by atoms with van der Waals surface area (Å²) in [6, 6.07) is 10.8. The number of rotatable bonds is 20. The maximum absolute atomic E-state index is 13.1. The fourth-order valence-electron chi connectivity index (χ4n) is 6.99. The number of nitrogens with zero attached hydrogens (tertiary/aromatic N) is 4. The number of likely N-dealkylation sites (tertiary alicyclic amines) is 2. The third-order valence-electron chi connectivity index (χ3n) is 10.1. The smallest absolute Gasteiger partial charge is 0.302 e. The van der Waals surface area contributed by atoms with Gasteiger partial charge >= 0.3 is 5.97 Å². The molecular weight excluding hydrogens is 785 g/mol. The van der Waals surface area contributed by atoms with Gasteiger partial charge in [0, 0.05) is 89.9 Å². The first-order chi connectivity index (χ1) is 27.8. The second-order valence-corrected chi connectivity index (χ2v) is 16.7. The highest BCUT2D eigenvalue weighted by Gasteiger charge is 2.40. The van der Waals surface area contributed by atoms with Gasteiger partial charge in [-0.2, -0.15) is 0 Å². The van der Waals surface area contributed by atoms with Crippen molar-refractivity contribution in [2.45, 2.75) is 74.7 Å². The van der Waals surface area contributed by atoms with Gasteiger partial charge in [-0.3, -0.25) is 53.3 Å². The molecule has 18 heteroatoms. The molecule has 2 atom stereocenters. The van der Waals surface area contributed by atoms with Crippen molar-refractivity contribution in [1.29, 1.82) is 0 Å². The van der Waals surface area contributed by atoms with E-state index < -0.39 is 22.4 Å². The lowest BCUT2D eigenvalue weighted by Crippen LogP contribution is -2.34. The third kappa shape index (κ3) is 11.2. The van der Waals surface area contributed by atoms with Gasteiger partial charge in [-0.15, -0.1) is 23.5 Å². The van der Waals surface area contributed by atoms with Gasteiger partial charge in [0.05, 0.1) is 22.2 Å². The van der Waals surface area contributed by atoms with Gasteiger partial charge in [0.1, 0.15) is 6.61 Å². The van der Waals surface area contributed by atoms with Crippen molar-refractivity contribution < 1.29 is 38.3 Å². The Kier molecular flexibility index (Phi) is 15.5. The summed E-state index contributed by atoms with van der Waals surface area (Å²) in [6.45, 7) is 1.26. The summed E-state index contributed by atoms with van der Waals surface area (Å²) in [5.41, 5.74) is 15.8. The first-order valence-corrected chi connectivity index (χ1v) is 21.2. The summed E-state index contributed by atoms with van der Waals surface area (Å²) in [5, 5.41) is 4.77. The maximum Gasteiger partial charge on any atom is 0.302 e. The Morgan fingerprint density at radius 2 is 1.16 bits per heavy atom. The summed E-state index contributed by atoms with van der Waals surface area (Å²) in [6.07, 6.45) is 2.73. The van der Waals surface area contributed by atoms with E-state index in [9.17, 15) is 33.6 Å². The summed E-state index contributed by atoms with van der Waals surface area (Å²) in [4.78, 5) is 99.2. The van der Waals surface area contributed by atoms with Crippen molar-refractivity contribution in [1.82, 2.24) is 9.80 Å². The molecule has 6 N–H and O–H groups in total. The Balaban J connectivity index is 1.16. The van der Waals surface area contributed by atoms with Crippen LogP contribution in [0.1, 0.15) is 75.3 Å². The number of hydrogen-bond donors (Lipinski definition) is 4. The van der Waals surface area contributed by atoms with E-state index in [1.807, 2.05) is 12.1 Å². The van der Waals surface area contributed by atoms with Gasteiger partial charge in [-0.05, 0) is 70.9 Å². The number of nitrogens with two attached hydrogens (primary N) is 2. The maximum atomic E-state index is 13.1. The molecule has 0 aromatic heterocycles. The van der Waals surface area contributed by atoms with Crippen LogP contribution in [-0.4, -0.2) is 119 Å². The van der Waals surface area contributed by atoms with E-state index in [4.69, 9.17) is 16.2 Å². The molecule has 3 aliphatic rings. The molecule has 0 spiro atoms. The molecule has 2 unspecified atom stereocenters. The zero-order valence-electron chi connectivity index (χ0n) is 32.9. The van der Waals surface area contributed by atoms with Gasteiger partial charge < -0.3 is 26.8 Å². The Morgan fingerprint density at radius 3 is 1.55 bits per heavy atom. The molecule has 2 aliphatic heterocycles. The molecule has 58 heavy (non-hydrogen) atoms. The fraction of sp³-hybridized carbons (Fsp3) is 0.475. The molecular formula is C40H50N8O8S2. The molecule has 310 valence electrons. The minimum absolute atomic E-state index is 0.0139. The molecule has 16 nitrogen and oxygen atoms in total. The molecule has 5 rings (SSSR count). The van der Waals surface area contributed by atoms with E-state index in [0.29, 0.717) is 47.4 Å². The number of carbonyl (C=O) groups is 7. The molecule has 0 radical (unpaired) electrons. The van der Waals surface area contributed by atoms with E-state index in [1.54, 1.807) is 38.4 Å². The van der Waals surface area contributed by atoms with Crippen LogP contribution in [0.5, 0.6) is 0 Å². The van der Waals surface area contributed by atoms with Crippen LogP contribution in [0.4, 0.5) is 11.4 Å². The number of fused-ring (bicyclic) bond motifs is 3. The normalized spacial score (nSPS) is 19.1. The number of anilines is 2. The second kappa shape index (κ2) is 20.5. The summed E-state index contributed by atoms with van der Waals surface area (Å²) in [7, 11) is 3.25. The van der Waals surface area contributed by atoms with Crippen molar-refractivity contribution in [2.75, 3.05) is 55.9 Å². The van der Waals surface area contributed by atoms with E-state index in [2.05, 4.69) is 20.6 Å². The number of benzene rings is 2. The number of amides is 6. The van der Waals surface area contributed by atoms with Crippen LogP contribution >= 0.6 is 23.5 Å². The van der Waals surface area contributed by atoms with Crippen LogP contribution in [0.2, 0.25) is 0 Å². The molecule has 2 heterocycles. The molecule has 0 saturated carbocycles. The Labute approximate surface area is 345 Å². The Hall–Kier alpha value is -5.23. The number of imide groups is 2. The minimum Gasteiger partial charge on any atom is -0.465 e. The number of hydrogen-bond acceptors (Lipinski definition) is 12. The van der Waals surface area contributed by atoms with Crippen LogP contribution in [0, 0.1) is 0 Å². The van der Waals surface area contributed by atoms with Gasteiger partial charge in [-0.1, -0.05) is 12.1 Å². The zero-order valence-corrected chi connectivity index (χ0v) is 34.5. The molecule has 6 amide bonds. The van der Waals surface area contributed by atoms with E-state index in [0.717, 1.165) is 44.9 Å². The van der Waals surface area contributed by atoms with Gasteiger partial charge in [-0.25, -0.2) is 0 Å². The predicted octanol–water partition coefficient (Wildman–Crippen LogP) is 3.28. The molecule has 2 aromatic rings. The van der Waals surface area contributed by atoms with Gasteiger partial charge in [0.15, 0.2) is 0 Å². The van der Waals surface area contributed by atoms with Crippen LogP contribution in [0.15, 0.2) is 46.4 Å². The van der Waals surface area contributed by atoms with Crippen LogP contribution in [0.3, 0.4) is 0 Å². The first-order valence-electron chi connectivity index (χ1n) is 19.1. The summed E-state index contributed by atoms with van der Waals surface area (Å²) < 4.78 is 5.45. The predicted molar refractivity (Wildman–Crippen MR) is 226 cm³/mol. The Bertz CT molecular complexity index is 1870. The molecule has 1 aliphatic carbocycles. The number of amidine groups is 2. The number of esters is 1. The lowest BCUT2D eigenvalue weighted by Gasteiger charge is -2.17. The number of thioether (sulfide) groups is 2. The highest BCUT2D eigenvalue weighted by atomic mass is 32.2.